The van der Waals surface area contributed by atoms with Crippen LogP contribution in [0.15, 0.2) is 71.3 Å². The average molecular weight is 472 g/mol. The molecule has 0 spiro atoms. The average Bonchev–Trinajstić information content (AvgIpc) is 3.42. The largest absolute Gasteiger partial charge is 0.478 e. The van der Waals surface area contributed by atoms with Crippen molar-refractivity contribution in [1.82, 2.24) is 14.8 Å². The fourth-order valence-corrected chi connectivity index (χ4v) is 4.19. The van der Waals surface area contributed by atoms with Crippen LogP contribution in [-0.2, 0) is 0 Å². The summed E-state index contributed by atoms with van der Waals surface area (Å²) in [5.41, 5.74) is 3.72. The number of fused-ring (bicyclic) bond motifs is 1. The Kier molecular flexibility index (Phi) is 5.26. The second kappa shape index (κ2) is 8.28. The van der Waals surface area contributed by atoms with E-state index in [0.717, 1.165) is 5.56 Å². The smallest absolute Gasteiger partial charge is 0.335 e. The van der Waals surface area contributed by atoms with Gasteiger partial charge in [0.2, 0.25) is 5.89 Å². The minimum atomic E-state index is -1.02. The van der Waals surface area contributed by atoms with Crippen LogP contribution in [0.3, 0.4) is 0 Å². The molecule has 8 heteroatoms. The van der Waals surface area contributed by atoms with Crippen LogP contribution < -0.4 is 0 Å². The molecular formula is C26H18ClN3O4. The van der Waals surface area contributed by atoms with Gasteiger partial charge in [-0.1, -0.05) is 35.9 Å². The summed E-state index contributed by atoms with van der Waals surface area (Å²) in [6.07, 6.45) is 1.63. The van der Waals surface area contributed by atoms with E-state index in [1.165, 1.54) is 16.8 Å². The zero-order valence-electron chi connectivity index (χ0n) is 18.2. The number of benzene rings is 3. The Hall–Kier alpha value is -4.23. The summed E-state index contributed by atoms with van der Waals surface area (Å²) in [5.74, 6) is -0.286. The third-order valence-electron chi connectivity index (χ3n) is 5.58. The Morgan fingerprint density at radius 3 is 2.38 bits per heavy atom. The first-order chi connectivity index (χ1) is 16.3. The lowest BCUT2D eigenvalue weighted by atomic mass is 10.0. The van der Waals surface area contributed by atoms with Crippen LogP contribution in [0.5, 0.6) is 0 Å². The number of hydrogen-bond donors (Lipinski definition) is 1. The molecule has 0 aliphatic rings. The number of aryl methyl sites for hydroxylation is 2. The fourth-order valence-electron chi connectivity index (χ4n) is 3.88. The first-order valence-electron chi connectivity index (χ1n) is 10.4. The van der Waals surface area contributed by atoms with Crippen molar-refractivity contribution < 1.29 is 19.1 Å². The van der Waals surface area contributed by atoms with Gasteiger partial charge in [-0.2, -0.15) is 9.78 Å². The molecule has 7 nitrogen and oxygen atoms in total. The number of aromatic carboxylic acids is 1. The van der Waals surface area contributed by atoms with E-state index < -0.39 is 5.97 Å². The Morgan fingerprint density at radius 2 is 1.74 bits per heavy atom. The number of carbonyl (C=O) groups is 2. The quantitative estimate of drug-likeness (QED) is 0.344. The van der Waals surface area contributed by atoms with Gasteiger partial charge >= 0.3 is 5.97 Å². The van der Waals surface area contributed by atoms with Gasteiger partial charge in [-0.3, -0.25) is 4.79 Å². The van der Waals surface area contributed by atoms with Crippen LogP contribution in [0.25, 0.3) is 33.6 Å². The van der Waals surface area contributed by atoms with E-state index >= 15 is 0 Å². The van der Waals surface area contributed by atoms with Crippen LogP contribution in [0.2, 0.25) is 5.02 Å². The van der Waals surface area contributed by atoms with Crippen molar-refractivity contribution in [2.75, 3.05) is 0 Å². The van der Waals surface area contributed by atoms with Gasteiger partial charge in [0.15, 0.2) is 0 Å². The molecular weight excluding hydrogens is 454 g/mol. The van der Waals surface area contributed by atoms with Crippen LogP contribution in [0, 0.1) is 13.8 Å². The van der Waals surface area contributed by atoms with Crippen molar-refractivity contribution in [2.24, 2.45) is 0 Å². The molecule has 3 aromatic carbocycles. The summed E-state index contributed by atoms with van der Waals surface area (Å²) in [6.45, 7) is 3.62. The predicted molar refractivity (Wildman–Crippen MR) is 128 cm³/mol. The standard InChI is InChI=1S/C26H18ClN3O4/c1-14-4-3-5-20(27)22(14)25(31)30-21-12-18(24-28-13-15(2)34-24)10-11-19(21)23(29-30)16-6-8-17(9-7-16)26(32)33/h3-13H,1-2H3,(H,32,33). The van der Waals surface area contributed by atoms with Gasteiger partial charge in [0.05, 0.1) is 27.9 Å². The minimum absolute atomic E-state index is 0.164. The topological polar surface area (TPSA) is 98.2 Å². The highest BCUT2D eigenvalue weighted by atomic mass is 35.5. The molecule has 0 amide bonds. The zero-order valence-corrected chi connectivity index (χ0v) is 19.0. The van der Waals surface area contributed by atoms with Crippen LogP contribution in [0.1, 0.15) is 32.0 Å². The molecule has 5 rings (SSSR count). The van der Waals surface area contributed by atoms with Gasteiger partial charge < -0.3 is 9.52 Å². The van der Waals surface area contributed by atoms with E-state index in [1.807, 2.05) is 32.0 Å². The summed E-state index contributed by atoms with van der Waals surface area (Å²) in [6, 6.07) is 17.1. The molecule has 2 heterocycles. The Labute approximate surface area is 199 Å². The molecule has 34 heavy (non-hydrogen) atoms. The second-order valence-corrected chi connectivity index (χ2v) is 8.29. The summed E-state index contributed by atoms with van der Waals surface area (Å²) < 4.78 is 6.99. The predicted octanol–water partition coefficient (Wildman–Crippen LogP) is 6.02. The first kappa shape index (κ1) is 21.6. The second-order valence-electron chi connectivity index (χ2n) is 7.89. The van der Waals surface area contributed by atoms with E-state index in [-0.39, 0.29) is 11.5 Å². The fraction of sp³-hybridized carbons (Fsp3) is 0.0769. The highest BCUT2D eigenvalue weighted by Gasteiger charge is 2.22. The van der Waals surface area contributed by atoms with Crippen LogP contribution in [-0.4, -0.2) is 31.7 Å². The molecule has 0 saturated carbocycles. The van der Waals surface area contributed by atoms with Gasteiger partial charge in [0.1, 0.15) is 11.5 Å². The van der Waals surface area contributed by atoms with E-state index in [1.54, 1.807) is 36.5 Å². The number of carbonyl (C=O) groups excluding carboxylic acids is 1. The molecule has 0 aliphatic heterocycles. The lowest BCUT2D eigenvalue weighted by molar-refractivity contribution is 0.0696. The Bertz CT molecular complexity index is 1560. The zero-order chi connectivity index (χ0) is 24.0. The van der Waals surface area contributed by atoms with Gasteiger partial charge in [0.25, 0.3) is 5.91 Å². The number of oxazole rings is 1. The molecule has 0 bridgehead atoms. The highest BCUT2D eigenvalue weighted by Crippen LogP contribution is 2.33. The van der Waals surface area contributed by atoms with Gasteiger partial charge in [0, 0.05) is 16.5 Å². The number of nitrogens with zero attached hydrogens (tertiary/aromatic N) is 3. The number of carboxylic acids is 1. The number of rotatable bonds is 4. The molecule has 0 unspecified atom stereocenters. The molecule has 2 aromatic heterocycles. The summed E-state index contributed by atoms with van der Waals surface area (Å²) >= 11 is 6.38. The van der Waals surface area contributed by atoms with Crippen LogP contribution >= 0.6 is 11.6 Å². The van der Waals surface area contributed by atoms with Crippen molar-refractivity contribution in [3.63, 3.8) is 0 Å². The molecule has 0 aliphatic carbocycles. The molecule has 1 N–H and O–H groups in total. The van der Waals surface area contributed by atoms with E-state index in [2.05, 4.69) is 10.1 Å². The third kappa shape index (κ3) is 3.66. The lowest BCUT2D eigenvalue weighted by Gasteiger charge is -2.08. The van der Waals surface area contributed by atoms with E-state index in [9.17, 15) is 14.7 Å². The van der Waals surface area contributed by atoms with Crippen LogP contribution in [0.4, 0.5) is 0 Å². The van der Waals surface area contributed by atoms with Crippen molar-refractivity contribution in [3.8, 4) is 22.7 Å². The van der Waals surface area contributed by atoms with Gasteiger partial charge in [-0.05, 0) is 55.8 Å². The number of aromatic nitrogens is 3. The van der Waals surface area contributed by atoms with Crippen molar-refractivity contribution in [3.05, 3.63) is 94.3 Å². The summed E-state index contributed by atoms with van der Waals surface area (Å²) in [4.78, 5) is 29.2. The molecule has 0 saturated heterocycles. The molecule has 0 fully saturated rings. The monoisotopic (exact) mass is 471 g/mol. The van der Waals surface area contributed by atoms with Gasteiger partial charge in [-0.15, -0.1) is 0 Å². The maximum atomic E-state index is 13.6. The van der Waals surface area contributed by atoms with Crippen molar-refractivity contribution in [2.45, 2.75) is 13.8 Å². The maximum Gasteiger partial charge on any atom is 0.335 e. The minimum Gasteiger partial charge on any atom is -0.478 e. The Balaban J connectivity index is 1.74. The lowest BCUT2D eigenvalue weighted by Crippen LogP contribution is -2.15. The third-order valence-corrected chi connectivity index (χ3v) is 5.90. The maximum absolute atomic E-state index is 13.6. The summed E-state index contributed by atoms with van der Waals surface area (Å²) in [7, 11) is 0. The number of carboxylic acid groups (broad SMARTS) is 1. The van der Waals surface area contributed by atoms with E-state index in [0.29, 0.717) is 50.0 Å². The van der Waals surface area contributed by atoms with Crippen molar-refractivity contribution >= 4 is 34.4 Å². The SMILES string of the molecule is Cc1cnc(-c2ccc3c(-c4ccc(C(=O)O)cc4)nn(C(=O)c4c(C)cccc4Cl)c3c2)o1. The molecule has 5 aromatic rings. The first-order valence-corrected chi connectivity index (χ1v) is 10.8. The van der Waals surface area contributed by atoms with Gasteiger partial charge in [-0.25, -0.2) is 9.78 Å². The highest BCUT2D eigenvalue weighted by molar-refractivity contribution is 6.34. The molecule has 0 radical (unpaired) electrons. The normalized spacial score (nSPS) is 11.1. The van der Waals surface area contributed by atoms with E-state index in [4.69, 9.17) is 16.0 Å². The summed E-state index contributed by atoms with van der Waals surface area (Å²) in [5, 5.41) is 14.9. The molecule has 168 valence electrons. The van der Waals surface area contributed by atoms with Crippen molar-refractivity contribution in [1.29, 1.82) is 0 Å². The Morgan fingerprint density at radius 1 is 1.00 bits per heavy atom. The number of halogens is 1. The molecule has 0 atom stereocenters. The number of hydrogen-bond acceptors (Lipinski definition) is 5.